The predicted molar refractivity (Wildman–Crippen MR) is 215 cm³/mol. The number of nitrogens with zero attached hydrogens (tertiary/aromatic N) is 2. The summed E-state index contributed by atoms with van der Waals surface area (Å²) in [4.78, 5) is 11.1. The van der Waals surface area contributed by atoms with Crippen LogP contribution in [0, 0.1) is 22.9 Å². The lowest BCUT2D eigenvalue weighted by Crippen LogP contribution is -2.43. The van der Waals surface area contributed by atoms with Gasteiger partial charge in [0.05, 0.1) is 22.5 Å². The molecule has 1 heterocycles. The molecule has 0 fully saturated rings. The van der Waals surface area contributed by atoms with Gasteiger partial charge in [-0.2, -0.15) is 0 Å². The third-order valence-corrected chi connectivity index (χ3v) is 24.3. The highest BCUT2D eigenvalue weighted by Crippen LogP contribution is 2.50. The molecule has 0 amide bonds. The molecule has 0 spiro atoms. The molecular weight excluding hydrogens is 613 g/mol. The second-order valence-electron chi connectivity index (χ2n) is 15.9. The molecule has 0 radical (unpaired) electrons. The molecule has 4 aromatic carbocycles. The van der Waals surface area contributed by atoms with Crippen molar-refractivity contribution in [3.8, 4) is 45.4 Å². The molecule has 0 aliphatic heterocycles. The maximum atomic E-state index is 5.59. The van der Waals surface area contributed by atoms with E-state index < -0.39 is 16.1 Å². The average Bonchev–Trinajstić information content (AvgIpc) is 3.35. The van der Waals surface area contributed by atoms with Crippen molar-refractivity contribution >= 4 is 48.7 Å². The minimum absolute atomic E-state index is 0.552. The van der Waals surface area contributed by atoms with Gasteiger partial charge in [-0.15, -0.1) is 11.1 Å². The first-order valence-corrected chi connectivity index (χ1v) is 22.6. The molecule has 0 unspecified atom stereocenters. The summed E-state index contributed by atoms with van der Waals surface area (Å²) in [6, 6.07) is 21.9. The van der Waals surface area contributed by atoms with Crippen LogP contribution in [0.1, 0.15) is 94.2 Å². The molecule has 0 atom stereocenters. The molecule has 1 aliphatic carbocycles. The first-order valence-electron chi connectivity index (χ1n) is 18.1. The second kappa shape index (κ2) is 12.6. The van der Waals surface area contributed by atoms with E-state index in [4.69, 9.17) is 9.97 Å². The van der Waals surface area contributed by atoms with Crippen molar-refractivity contribution in [2.75, 3.05) is 0 Å². The van der Waals surface area contributed by atoms with Gasteiger partial charge >= 0.3 is 0 Å². The Hall–Kier alpha value is -3.71. The van der Waals surface area contributed by atoms with Crippen molar-refractivity contribution in [2.45, 2.75) is 116 Å². The summed E-state index contributed by atoms with van der Waals surface area (Å²) in [5, 5.41) is 4.93. The van der Waals surface area contributed by atoms with Crippen molar-refractivity contribution in [1.82, 2.24) is 9.97 Å². The average molecular weight is 665 g/mol. The van der Waals surface area contributed by atoms with E-state index in [0.717, 1.165) is 39.1 Å². The number of hydrogen-bond acceptors (Lipinski definition) is 2. The molecule has 48 heavy (non-hydrogen) atoms. The van der Waals surface area contributed by atoms with Crippen LogP contribution >= 0.6 is 0 Å². The Labute approximate surface area is 291 Å². The van der Waals surface area contributed by atoms with Crippen LogP contribution in [0.5, 0.6) is 0 Å². The molecule has 4 heteroatoms. The Kier molecular flexibility index (Phi) is 8.99. The van der Waals surface area contributed by atoms with E-state index in [1.165, 1.54) is 27.1 Å². The molecule has 0 saturated carbocycles. The van der Waals surface area contributed by atoms with Gasteiger partial charge in [-0.25, -0.2) is 9.97 Å². The lowest BCUT2D eigenvalue weighted by atomic mass is 9.97. The molecule has 2 nitrogen and oxygen atoms in total. The fourth-order valence-corrected chi connectivity index (χ4v) is 19.9. The highest BCUT2D eigenvalue weighted by Gasteiger charge is 2.43. The van der Waals surface area contributed by atoms with Crippen LogP contribution in [-0.2, 0) is 0 Å². The first-order chi connectivity index (χ1) is 22.7. The van der Waals surface area contributed by atoms with Gasteiger partial charge in [0, 0.05) is 16.5 Å². The fourth-order valence-electron chi connectivity index (χ4n) is 9.48. The molecular formula is C44H52N2Si2. The Morgan fingerprint density at radius 1 is 0.500 bits per heavy atom. The Balaban J connectivity index is 1.70. The predicted octanol–water partition coefficient (Wildman–Crippen LogP) is 12.7. The Morgan fingerprint density at radius 2 is 0.958 bits per heavy atom. The Morgan fingerprint density at radius 3 is 1.46 bits per heavy atom. The molecule has 5 aromatic rings. The molecule has 1 aromatic heterocycles. The van der Waals surface area contributed by atoms with Gasteiger partial charge in [-0.3, -0.25) is 0 Å². The second-order valence-corrected chi connectivity index (χ2v) is 27.1. The van der Waals surface area contributed by atoms with E-state index in [9.17, 15) is 0 Å². The van der Waals surface area contributed by atoms with E-state index in [1.807, 2.05) is 0 Å². The quantitative estimate of drug-likeness (QED) is 0.101. The summed E-state index contributed by atoms with van der Waals surface area (Å²) >= 11 is 0. The highest BCUT2D eigenvalue weighted by atomic mass is 28.3. The normalized spacial score (nSPS) is 13.0. The third-order valence-electron chi connectivity index (χ3n) is 11.8. The number of fused-ring (bicyclic) bond motifs is 6. The smallest absolute Gasteiger partial charge is 0.146 e. The van der Waals surface area contributed by atoms with E-state index in [1.54, 1.807) is 0 Å². The molecule has 6 rings (SSSR count). The largest absolute Gasteiger partial charge is 0.242 e. The lowest BCUT2D eigenvalue weighted by molar-refractivity contribution is 0.838. The number of benzene rings is 4. The minimum atomic E-state index is -1.97. The Bertz CT molecular complexity index is 2140. The van der Waals surface area contributed by atoms with Crippen molar-refractivity contribution in [2.24, 2.45) is 0 Å². The van der Waals surface area contributed by atoms with Gasteiger partial charge in [0.2, 0.25) is 0 Å². The van der Waals surface area contributed by atoms with Crippen molar-refractivity contribution in [1.29, 1.82) is 0 Å². The van der Waals surface area contributed by atoms with E-state index in [0.29, 0.717) is 33.2 Å². The fraction of sp³-hybridized carbons (Fsp3) is 0.409. The number of aromatic nitrogens is 2. The van der Waals surface area contributed by atoms with Crippen LogP contribution in [0.4, 0.5) is 0 Å². The zero-order valence-electron chi connectivity index (χ0n) is 31.1. The van der Waals surface area contributed by atoms with Gasteiger partial charge in [0.25, 0.3) is 0 Å². The minimum Gasteiger partial charge on any atom is -0.242 e. The first kappa shape index (κ1) is 34.2. The van der Waals surface area contributed by atoms with Gasteiger partial charge < -0.3 is 0 Å². The zero-order valence-corrected chi connectivity index (χ0v) is 33.1. The molecule has 1 aliphatic rings. The maximum Gasteiger partial charge on any atom is 0.146 e. The summed E-state index contributed by atoms with van der Waals surface area (Å²) in [5.41, 5.74) is 19.3. The molecule has 0 saturated heterocycles. The monoisotopic (exact) mass is 664 g/mol. The highest BCUT2D eigenvalue weighted by molar-refractivity contribution is 6.91. The van der Waals surface area contributed by atoms with Gasteiger partial charge in [-0.05, 0) is 67.6 Å². The summed E-state index contributed by atoms with van der Waals surface area (Å²) in [5.74, 6) is 7.53. The summed E-state index contributed by atoms with van der Waals surface area (Å²) in [6.07, 6.45) is 0. The molecule has 0 N–H and O–H groups in total. The summed E-state index contributed by atoms with van der Waals surface area (Å²) in [6.45, 7) is 28.5. The van der Waals surface area contributed by atoms with Crippen LogP contribution in [-0.4, -0.2) is 26.1 Å². The van der Waals surface area contributed by atoms with Crippen LogP contribution < -0.4 is 0 Å². The van der Waals surface area contributed by atoms with Crippen LogP contribution in [0.3, 0.4) is 0 Å². The van der Waals surface area contributed by atoms with Gasteiger partial charge in [-0.1, -0.05) is 137 Å². The summed E-state index contributed by atoms with van der Waals surface area (Å²) < 4.78 is 0. The molecule has 246 valence electrons. The van der Waals surface area contributed by atoms with Gasteiger partial charge in [0.15, 0.2) is 0 Å². The summed E-state index contributed by atoms with van der Waals surface area (Å²) in [7, 11) is -3.93. The maximum absolute atomic E-state index is 5.59. The zero-order chi connectivity index (χ0) is 34.7. The van der Waals surface area contributed by atoms with Crippen LogP contribution in [0.15, 0.2) is 60.7 Å². The van der Waals surface area contributed by atoms with Crippen molar-refractivity contribution in [3.63, 3.8) is 0 Å². The lowest BCUT2D eigenvalue weighted by Gasteiger charge is -2.38. The van der Waals surface area contributed by atoms with Gasteiger partial charge in [0.1, 0.15) is 27.2 Å². The molecule has 0 bridgehead atoms. The van der Waals surface area contributed by atoms with E-state index in [-0.39, 0.29) is 0 Å². The standard InChI is InChI=1S/C44H52N2Si2/c1-27(2)47(28(3)4,29(5)6)24-22-33-20-21-34(23-25-48(30(7)8,31(9)10)32(11)12)42-41(33)45-43-38-19-15-17-36-26-35-16-13-14-18-37(35)40(39(36)38)44(43)46-42/h13-21,26-32H,1-12H3. The van der Waals surface area contributed by atoms with E-state index >= 15 is 0 Å². The van der Waals surface area contributed by atoms with Crippen molar-refractivity contribution in [3.05, 3.63) is 71.8 Å². The third kappa shape index (κ3) is 5.15. The van der Waals surface area contributed by atoms with E-state index in [2.05, 4.69) is 167 Å². The number of rotatable bonds is 6. The van der Waals surface area contributed by atoms with Crippen LogP contribution in [0.2, 0.25) is 33.2 Å². The van der Waals surface area contributed by atoms with Crippen molar-refractivity contribution < 1.29 is 0 Å². The van der Waals surface area contributed by atoms with Crippen LogP contribution in [0.25, 0.3) is 55.1 Å². The SMILES string of the molecule is CC(C)[Si](C#Cc1ccc(C#C[Si](C(C)C)(C(C)C)C(C)C)c2nc3c(nc12)-c1cccc2cc4ccccc4c-3c12)(C(C)C)C(C)C. The topological polar surface area (TPSA) is 25.8 Å². The number of hydrogen-bond donors (Lipinski definition) is 0.